The second kappa shape index (κ2) is 13.8. The van der Waals surface area contributed by atoms with E-state index >= 15 is 0 Å². The fourth-order valence-electron chi connectivity index (χ4n) is 4.15. The van der Waals surface area contributed by atoms with Crippen molar-refractivity contribution in [3.8, 4) is 6.07 Å². The van der Waals surface area contributed by atoms with Gasteiger partial charge in [0.15, 0.2) is 0 Å². The first-order chi connectivity index (χ1) is 17.1. The van der Waals surface area contributed by atoms with E-state index < -0.39 is 0 Å². The molecule has 6 heteroatoms. The molecule has 0 saturated heterocycles. The van der Waals surface area contributed by atoms with Crippen LogP contribution in [0.4, 0.5) is 9.39 Å². The van der Waals surface area contributed by atoms with Crippen LogP contribution in [0.1, 0.15) is 46.0 Å². The van der Waals surface area contributed by atoms with Crippen LogP contribution in [0, 0.1) is 17.1 Å². The normalized spacial score (nSPS) is 13.1. The van der Waals surface area contributed by atoms with Crippen molar-refractivity contribution in [1.82, 2.24) is 10.2 Å². The summed E-state index contributed by atoms with van der Waals surface area (Å²) in [6, 6.07) is 17.8. The van der Waals surface area contributed by atoms with Crippen LogP contribution in [0.2, 0.25) is 0 Å². The highest BCUT2D eigenvalue weighted by molar-refractivity contribution is 7.16. The molecule has 2 N–H and O–H groups in total. The monoisotopic (exact) mass is 490 g/mol. The second-order valence-electron chi connectivity index (χ2n) is 8.59. The molecule has 0 amide bonds. The van der Waals surface area contributed by atoms with Crippen molar-refractivity contribution < 1.29 is 4.39 Å². The molecule has 4 rings (SSSR count). The van der Waals surface area contributed by atoms with Crippen LogP contribution < -0.4 is 10.6 Å². The van der Waals surface area contributed by atoms with Crippen molar-refractivity contribution in [3.05, 3.63) is 99.2 Å². The zero-order chi connectivity index (χ0) is 25.0. The molecule has 0 fully saturated rings. The SMILES string of the molecule is CCC=CCc1ccc(CNC)cc1.CNc1sc2c(c1C#N)CN(Cc1cccc(F)c1)CC2. The number of nitrogens with zero attached hydrogens (tertiary/aromatic N) is 2. The highest BCUT2D eigenvalue weighted by Gasteiger charge is 2.24. The number of benzene rings is 2. The average molecular weight is 491 g/mol. The van der Waals surface area contributed by atoms with Gasteiger partial charge in [0.05, 0.1) is 5.56 Å². The van der Waals surface area contributed by atoms with Gasteiger partial charge in [-0.3, -0.25) is 4.90 Å². The molecule has 0 bridgehead atoms. The van der Waals surface area contributed by atoms with Crippen molar-refractivity contribution in [1.29, 1.82) is 5.26 Å². The maximum absolute atomic E-state index is 13.3. The van der Waals surface area contributed by atoms with Crippen molar-refractivity contribution in [3.63, 3.8) is 0 Å². The fraction of sp³-hybridized carbons (Fsp3) is 0.345. The lowest BCUT2D eigenvalue weighted by molar-refractivity contribution is 0.247. The maximum atomic E-state index is 13.3. The molecule has 1 aliphatic heterocycles. The van der Waals surface area contributed by atoms with E-state index in [9.17, 15) is 9.65 Å². The van der Waals surface area contributed by atoms with Crippen LogP contribution in [0.15, 0.2) is 60.7 Å². The Balaban J connectivity index is 0.000000214. The summed E-state index contributed by atoms with van der Waals surface area (Å²) in [5.41, 5.74) is 5.60. The van der Waals surface area contributed by atoms with Crippen LogP contribution in [-0.4, -0.2) is 25.5 Å². The number of nitriles is 1. The lowest BCUT2D eigenvalue weighted by Gasteiger charge is -2.27. The third-order valence-electron chi connectivity index (χ3n) is 5.92. The van der Waals surface area contributed by atoms with E-state index in [4.69, 9.17) is 0 Å². The van der Waals surface area contributed by atoms with Gasteiger partial charge in [0.25, 0.3) is 0 Å². The Morgan fingerprint density at radius 2 is 1.86 bits per heavy atom. The predicted molar refractivity (Wildman–Crippen MR) is 145 cm³/mol. The molecule has 0 saturated carbocycles. The van der Waals surface area contributed by atoms with Crippen molar-refractivity contribution in [2.45, 2.75) is 45.8 Å². The summed E-state index contributed by atoms with van der Waals surface area (Å²) in [5, 5.41) is 16.6. The van der Waals surface area contributed by atoms with Gasteiger partial charge in [-0.15, -0.1) is 11.3 Å². The lowest BCUT2D eigenvalue weighted by atomic mass is 10.0. The number of halogens is 1. The Kier molecular flexibility index (Phi) is 10.5. The number of hydrogen-bond acceptors (Lipinski definition) is 5. The topological polar surface area (TPSA) is 51.1 Å². The largest absolute Gasteiger partial charge is 0.379 e. The maximum Gasteiger partial charge on any atom is 0.123 e. The summed E-state index contributed by atoms with van der Waals surface area (Å²) < 4.78 is 13.3. The van der Waals surface area contributed by atoms with Crippen molar-refractivity contribution in [2.75, 3.05) is 26.0 Å². The number of rotatable bonds is 8. The smallest absolute Gasteiger partial charge is 0.123 e. The summed E-state index contributed by atoms with van der Waals surface area (Å²) in [5.74, 6) is -0.198. The molecule has 184 valence electrons. The quantitative estimate of drug-likeness (QED) is 0.365. The minimum Gasteiger partial charge on any atom is -0.379 e. The number of fused-ring (bicyclic) bond motifs is 1. The minimum absolute atomic E-state index is 0.198. The first-order valence-electron chi connectivity index (χ1n) is 12.1. The van der Waals surface area contributed by atoms with E-state index in [1.165, 1.54) is 22.1 Å². The van der Waals surface area contributed by atoms with Crippen LogP contribution in [0.5, 0.6) is 0 Å². The number of allylic oxidation sites excluding steroid dienone is 2. The standard InChI is InChI=1S/C16H16FN3S.C13H19N/c1-19-16-13(8-18)14-10-20(6-5-15(14)21-16)9-11-3-2-4-12(17)7-11;1-3-4-5-6-12-7-9-13(10-8-12)11-14-2/h2-4,7,19H,5-6,9-10H2,1H3;4-5,7-10,14H,3,6,11H2,1-2H3. The lowest BCUT2D eigenvalue weighted by Crippen LogP contribution is -2.29. The Morgan fingerprint density at radius 1 is 1.09 bits per heavy atom. The highest BCUT2D eigenvalue weighted by Crippen LogP contribution is 2.36. The molecule has 0 aliphatic carbocycles. The summed E-state index contributed by atoms with van der Waals surface area (Å²) in [7, 11) is 3.82. The molecular formula is C29H35FN4S. The Morgan fingerprint density at radius 3 is 2.51 bits per heavy atom. The van der Waals surface area contributed by atoms with E-state index in [0.29, 0.717) is 6.54 Å². The van der Waals surface area contributed by atoms with Crippen LogP contribution >= 0.6 is 11.3 Å². The number of hydrogen-bond donors (Lipinski definition) is 2. The Bertz CT molecular complexity index is 1140. The molecule has 0 unspecified atom stereocenters. The molecule has 2 aromatic carbocycles. The third-order valence-corrected chi connectivity index (χ3v) is 7.23. The zero-order valence-corrected chi connectivity index (χ0v) is 21.7. The van der Waals surface area contributed by atoms with Gasteiger partial charge >= 0.3 is 0 Å². The predicted octanol–water partition coefficient (Wildman–Crippen LogP) is 6.27. The molecule has 3 aromatic rings. The zero-order valence-electron chi connectivity index (χ0n) is 20.9. The molecule has 35 heavy (non-hydrogen) atoms. The van der Waals surface area contributed by atoms with E-state index in [1.54, 1.807) is 23.5 Å². The van der Waals surface area contributed by atoms with Crippen molar-refractivity contribution in [2.24, 2.45) is 0 Å². The van der Waals surface area contributed by atoms with Crippen molar-refractivity contribution >= 4 is 16.3 Å². The molecule has 0 spiro atoms. The highest BCUT2D eigenvalue weighted by atomic mass is 32.1. The van der Waals surface area contributed by atoms with Crippen LogP contribution in [0.3, 0.4) is 0 Å². The van der Waals surface area contributed by atoms with Gasteiger partial charge in [-0.1, -0.05) is 55.5 Å². The second-order valence-corrected chi connectivity index (χ2v) is 9.70. The minimum atomic E-state index is -0.198. The Labute approximate surface area is 213 Å². The molecule has 1 aliphatic rings. The number of thiophene rings is 1. The average Bonchev–Trinajstić information content (AvgIpc) is 3.23. The molecule has 1 aromatic heterocycles. The summed E-state index contributed by atoms with van der Waals surface area (Å²) in [6.07, 6.45) is 7.56. The summed E-state index contributed by atoms with van der Waals surface area (Å²) in [6.45, 7) is 5.52. The third kappa shape index (κ3) is 7.76. The number of nitrogens with one attached hydrogen (secondary N) is 2. The van der Waals surface area contributed by atoms with Gasteiger partial charge in [-0.05, 0) is 55.1 Å². The molecule has 2 heterocycles. The van der Waals surface area contributed by atoms with Gasteiger partial charge in [-0.2, -0.15) is 5.26 Å². The van der Waals surface area contributed by atoms with E-state index in [0.717, 1.165) is 60.6 Å². The van der Waals surface area contributed by atoms with Crippen LogP contribution in [0.25, 0.3) is 0 Å². The van der Waals surface area contributed by atoms with Gasteiger partial charge in [0, 0.05) is 43.7 Å². The summed E-state index contributed by atoms with van der Waals surface area (Å²) in [4.78, 5) is 3.57. The first kappa shape index (κ1) is 26.6. The molecule has 4 nitrogen and oxygen atoms in total. The summed E-state index contributed by atoms with van der Waals surface area (Å²) >= 11 is 1.68. The Hall–Kier alpha value is -2.98. The van der Waals surface area contributed by atoms with Gasteiger partial charge in [0.1, 0.15) is 16.9 Å². The van der Waals surface area contributed by atoms with Gasteiger partial charge < -0.3 is 10.6 Å². The number of anilines is 1. The fourth-order valence-corrected chi connectivity index (χ4v) is 5.25. The molecule has 0 radical (unpaired) electrons. The first-order valence-corrected chi connectivity index (χ1v) is 13.0. The van der Waals surface area contributed by atoms with Gasteiger partial charge in [0.2, 0.25) is 0 Å². The molecule has 0 atom stereocenters. The molecular weight excluding hydrogens is 455 g/mol. The van der Waals surface area contributed by atoms with Gasteiger partial charge in [-0.25, -0.2) is 4.39 Å². The van der Waals surface area contributed by atoms with E-state index in [-0.39, 0.29) is 5.82 Å². The van der Waals surface area contributed by atoms with E-state index in [2.05, 4.69) is 64.9 Å². The van der Waals surface area contributed by atoms with E-state index in [1.807, 2.05) is 20.2 Å². The van der Waals surface area contributed by atoms with Crippen LogP contribution in [-0.2, 0) is 32.5 Å².